The van der Waals surface area contributed by atoms with Crippen molar-refractivity contribution in [1.29, 1.82) is 0 Å². The van der Waals surface area contributed by atoms with E-state index in [1.54, 1.807) is 25.1 Å². The molecule has 1 heterocycles. The number of carbonyl (C=O) groups is 1. The number of hydrogen-bond donors (Lipinski definition) is 3. The number of anilines is 1. The normalized spacial score (nSPS) is 25.3. The van der Waals surface area contributed by atoms with Crippen LogP contribution in [0.15, 0.2) is 48.6 Å². The van der Waals surface area contributed by atoms with Crippen molar-refractivity contribution >= 4 is 33.3 Å². The van der Waals surface area contributed by atoms with Gasteiger partial charge in [0, 0.05) is 25.6 Å². The van der Waals surface area contributed by atoms with E-state index in [-0.39, 0.29) is 27.8 Å². The van der Waals surface area contributed by atoms with Crippen LogP contribution in [0.1, 0.15) is 66.9 Å². The van der Waals surface area contributed by atoms with E-state index < -0.39 is 33.5 Å². The molecular weight excluding hydrogens is 604 g/mol. The number of hydrogen-bond acceptors (Lipinski definition) is 7. The summed E-state index contributed by atoms with van der Waals surface area (Å²) >= 11 is 6.81. The summed E-state index contributed by atoms with van der Waals surface area (Å²) in [6.07, 6.45) is 7.54. The molecule has 1 spiro atoms. The molecular formula is C33H43ClN2O7S. The van der Waals surface area contributed by atoms with Crippen molar-refractivity contribution in [1.82, 2.24) is 0 Å². The fourth-order valence-corrected chi connectivity index (χ4v) is 8.93. The molecule has 0 aromatic heterocycles. The molecule has 1 fully saturated rings. The number of rotatable bonds is 11. The minimum absolute atomic E-state index is 0.0175. The van der Waals surface area contributed by atoms with Crippen molar-refractivity contribution in [3.8, 4) is 5.75 Å². The fourth-order valence-electron chi connectivity index (χ4n) is 7.46. The van der Waals surface area contributed by atoms with Gasteiger partial charge in [-0.2, -0.15) is 0 Å². The highest BCUT2D eigenvalue weighted by Gasteiger charge is 2.44. The highest BCUT2D eigenvalue weighted by molar-refractivity contribution is 7.89. The third-order valence-corrected chi connectivity index (χ3v) is 11.8. The summed E-state index contributed by atoms with van der Waals surface area (Å²) in [6.45, 7) is 3.43. The first-order chi connectivity index (χ1) is 21.0. The van der Waals surface area contributed by atoms with Crippen molar-refractivity contribution < 1.29 is 32.9 Å². The summed E-state index contributed by atoms with van der Waals surface area (Å²) in [5.74, 6) is -0.408. The molecule has 4 N–H and O–H groups in total. The first-order valence-corrected chi connectivity index (χ1v) is 17.4. The molecule has 3 aliphatic rings. The molecule has 6 atom stereocenters. The number of aromatic carboxylic acids is 1. The third-order valence-electron chi connectivity index (χ3n) is 9.93. The van der Waals surface area contributed by atoms with Crippen LogP contribution in [-0.4, -0.2) is 68.9 Å². The van der Waals surface area contributed by atoms with E-state index >= 15 is 0 Å². The number of aryl methyl sites for hydroxylation is 1. The highest BCUT2D eigenvalue weighted by Crippen LogP contribution is 2.48. The lowest BCUT2D eigenvalue weighted by Gasteiger charge is -2.45. The second-order valence-electron chi connectivity index (χ2n) is 12.5. The van der Waals surface area contributed by atoms with E-state index in [4.69, 9.17) is 26.2 Å². The van der Waals surface area contributed by atoms with Crippen molar-refractivity contribution in [2.45, 2.75) is 74.7 Å². The Morgan fingerprint density at radius 2 is 2.05 bits per heavy atom. The maximum Gasteiger partial charge on any atom is 0.337 e. The topological polar surface area (TPSA) is 139 Å². The lowest BCUT2D eigenvalue weighted by molar-refractivity contribution is 0.0451. The summed E-state index contributed by atoms with van der Waals surface area (Å²) in [5.41, 5.74) is 2.93. The number of nitrogens with zero attached hydrogens (tertiary/aromatic N) is 1. The van der Waals surface area contributed by atoms with Gasteiger partial charge in [-0.25, -0.2) is 18.4 Å². The van der Waals surface area contributed by atoms with Crippen LogP contribution in [0.4, 0.5) is 5.69 Å². The number of carboxylic acid groups (broad SMARTS) is 1. The maximum absolute atomic E-state index is 12.0. The molecule has 44 heavy (non-hydrogen) atoms. The Morgan fingerprint density at radius 3 is 2.70 bits per heavy atom. The zero-order valence-electron chi connectivity index (χ0n) is 25.3. The molecule has 240 valence electrons. The first kappa shape index (κ1) is 32.8. The van der Waals surface area contributed by atoms with Crippen LogP contribution in [0.5, 0.6) is 5.75 Å². The summed E-state index contributed by atoms with van der Waals surface area (Å²) < 4.78 is 35.9. The van der Waals surface area contributed by atoms with Gasteiger partial charge < -0.3 is 24.6 Å². The summed E-state index contributed by atoms with van der Waals surface area (Å²) in [6, 6.07) is 11.7. The number of carboxylic acids is 1. The van der Waals surface area contributed by atoms with Gasteiger partial charge in [-0.1, -0.05) is 54.9 Å². The minimum Gasteiger partial charge on any atom is -0.490 e. The molecule has 0 saturated heterocycles. The number of ether oxygens (including phenoxy) is 2. The lowest BCUT2D eigenvalue weighted by atomic mass is 9.68. The van der Waals surface area contributed by atoms with Gasteiger partial charge in [0.1, 0.15) is 11.0 Å². The zero-order valence-corrected chi connectivity index (χ0v) is 26.9. The molecule has 2 aliphatic carbocycles. The van der Waals surface area contributed by atoms with Crippen molar-refractivity contribution in [3.05, 3.63) is 70.3 Å². The quantitative estimate of drug-likeness (QED) is 0.292. The third kappa shape index (κ3) is 6.51. The number of fused-ring (bicyclic) bond motifs is 3. The van der Waals surface area contributed by atoms with Gasteiger partial charge in [0.25, 0.3) is 0 Å². The minimum atomic E-state index is -3.77. The van der Waals surface area contributed by atoms with Crippen LogP contribution in [0, 0.1) is 11.8 Å². The molecule has 1 saturated carbocycles. The Balaban J connectivity index is 1.39. The van der Waals surface area contributed by atoms with Crippen molar-refractivity contribution in [2.24, 2.45) is 17.0 Å². The predicted molar refractivity (Wildman–Crippen MR) is 171 cm³/mol. The van der Waals surface area contributed by atoms with E-state index in [1.165, 1.54) is 24.3 Å². The van der Waals surface area contributed by atoms with Crippen LogP contribution in [0.25, 0.3) is 0 Å². The smallest absolute Gasteiger partial charge is 0.337 e. The van der Waals surface area contributed by atoms with Gasteiger partial charge in [-0.3, -0.25) is 0 Å². The van der Waals surface area contributed by atoms with E-state index in [0.717, 1.165) is 32.1 Å². The number of nitrogens with two attached hydrogens (primary N) is 1. The molecule has 2 aromatic rings. The van der Waals surface area contributed by atoms with Crippen molar-refractivity contribution in [3.63, 3.8) is 0 Å². The molecule has 2 aromatic carbocycles. The van der Waals surface area contributed by atoms with E-state index in [1.807, 2.05) is 0 Å². The zero-order chi connectivity index (χ0) is 31.6. The Bertz CT molecular complexity index is 1500. The standard InChI is InChI=1S/C33H43ClN2O7S/c1-3-29(44(35,40)41)27(42-2)12-6-11-26(37)23-14-13-22(23)18-36-19-33(17-7-9-21-8-4-5-10-25(21)33)20-43-28-16-15-24(32(38)39)30(34)31(28)36/h4-6,8,10-11,15-16,22-23,26-27,29,37H,3,7,9,12-14,17-20H2,1-2H3,(H,38,39)(H2,35,40,41)/b11-6+/t22-,23+,26?,27?,29?,33-/m0/s1. The van der Waals surface area contributed by atoms with E-state index in [2.05, 4.69) is 29.2 Å². The lowest BCUT2D eigenvalue weighted by Crippen LogP contribution is -2.49. The SMILES string of the molecule is CCC(C(C/C=C/C(O)[C@@H]1CC[C@H]1CN1C[C@@]2(CCCc3ccccc32)COc2ccc(C(=O)O)c(Cl)c21)OC)S(N)(=O)=O. The predicted octanol–water partition coefficient (Wildman–Crippen LogP) is 4.93. The molecule has 0 amide bonds. The van der Waals surface area contributed by atoms with Crippen LogP contribution in [0.2, 0.25) is 5.02 Å². The van der Waals surface area contributed by atoms with Gasteiger partial charge in [0.2, 0.25) is 10.0 Å². The molecule has 11 heteroatoms. The largest absolute Gasteiger partial charge is 0.490 e. The molecule has 3 unspecified atom stereocenters. The number of aliphatic hydroxyl groups excluding tert-OH is 1. The Morgan fingerprint density at radius 1 is 1.27 bits per heavy atom. The number of sulfonamides is 1. The maximum atomic E-state index is 12.0. The van der Waals surface area contributed by atoms with E-state index in [0.29, 0.717) is 44.0 Å². The van der Waals surface area contributed by atoms with Crippen molar-refractivity contribution in [2.75, 3.05) is 31.7 Å². The Kier molecular flexibility index (Phi) is 9.96. The summed E-state index contributed by atoms with van der Waals surface area (Å²) in [5, 5.41) is 25.8. The average Bonchev–Trinajstić information content (AvgIpc) is 3.12. The van der Waals surface area contributed by atoms with Crippen LogP contribution < -0.4 is 14.8 Å². The van der Waals surface area contributed by atoms with Gasteiger partial charge in [0.05, 0.1) is 35.1 Å². The number of benzene rings is 2. The number of halogens is 1. The summed E-state index contributed by atoms with van der Waals surface area (Å²) in [7, 11) is -2.30. The second-order valence-corrected chi connectivity index (χ2v) is 14.7. The molecule has 5 rings (SSSR count). The fraction of sp³-hybridized carbons (Fsp3) is 0.545. The van der Waals surface area contributed by atoms with Gasteiger partial charge in [0.15, 0.2) is 0 Å². The first-order valence-electron chi connectivity index (χ1n) is 15.4. The summed E-state index contributed by atoms with van der Waals surface area (Å²) in [4.78, 5) is 14.2. The van der Waals surface area contributed by atoms with Crippen LogP contribution in [-0.2, 0) is 26.6 Å². The number of aliphatic hydroxyl groups is 1. The van der Waals surface area contributed by atoms with Gasteiger partial charge >= 0.3 is 5.97 Å². The molecule has 9 nitrogen and oxygen atoms in total. The molecule has 1 aliphatic heterocycles. The number of primary sulfonamides is 1. The Hall–Kier alpha value is -2.63. The van der Waals surface area contributed by atoms with Gasteiger partial charge in [-0.05, 0) is 80.0 Å². The number of methoxy groups -OCH3 is 1. The monoisotopic (exact) mass is 646 g/mol. The van der Waals surface area contributed by atoms with Crippen LogP contribution in [0.3, 0.4) is 0 Å². The molecule has 0 radical (unpaired) electrons. The van der Waals surface area contributed by atoms with Crippen LogP contribution >= 0.6 is 11.6 Å². The van der Waals surface area contributed by atoms with Gasteiger partial charge in [-0.15, -0.1) is 0 Å². The highest BCUT2D eigenvalue weighted by atomic mass is 35.5. The molecule has 0 bridgehead atoms. The van der Waals surface area contributed by atoms with E-state index in [9.17, 15) is 23.4 Å². The average molecular weight is 647 g/mol. The second kappa shape index (κ2) is 13.4. The Labute approximate surface area is 265 Å².